The molecule has 0 unspecified atom stereocenters. The number of hydrogen-bond acceptors (Lipinski definition) is 5. The zero-order valence-corrected chi connectivity index (χ0v) is 20.7. The SMILES string of the molecule is CCc1nncn1CCNC(=NC)N1CCN(CCOc2ccc(Cl)cc2)CC1.I. The lowest BCUT2D eigenvalue weighted by atomic mass is 10.3. The van der Waals surface area contributed by atoms with Gasteiger partial charge in [-0.3, -0.25) is 9.89 Å². The van der Waals surface area contributed by atoms with Gasteiger partial charge in [0.1, 0.15) is 24.5 Å². The summed E-state index contributed by atoms with van der Waals surface area (Å²) in [6.45, 7) is 9.20. The monoisotopic (exact) mass is 547 g/mol. The summed E-state index contributed by atoms with van der Waals surface area (Å²) in [7, 11) is 1.84. The third-order valence-corrected chi connectivity index (χ3v) is 5.27. The lowest BCUT2D eigenvalue weighted by Crippen LogP contribution is -2.53. The van der Waals surface area contributed by atoms with Crippen LogP contribution in [-0.2, 0) is 13.0 Å². The largest absolute Gasteiger partial charge is 0.492 e. The molecule has 1 saturated heterocycles. The van der Waals surface area contributed by atoms with Crippen LogP contribution >= 0.6 is 35.6 Å². The van der Waals surface area contributed by atoms with Crippen LogP contribution in [-0.4, -0.2) is 83.4 Å². The average molecular weight is 548 g/mol. The highest BCUT2D eigenvalue weighted by Gasteiger charge is 2.19. The molecule has 1 N–H and O–H groups in total. The maximum atomic E-state index is 5.90. The van der Waals surface area contributed by atoms with Crippen molar-refractivity contribution in [1.82, 2.24) is 29.9 Å². The number of aromatic nitrogens is 3. The Kier molecular flexibility index (Phi) is 10.7. The van der Waals surface area contributed by atoms with E-state index in [2.05, 4.69) is 41.8 Å². The van der Waals surface area contributed by atoms with Crippen LogP contribution in [0.4, 0.5) is 0 Å². The lowest BCUT2D eigenvalue weighted by Gasteiger charge is -2.36. The third-order valence-electron chi connectivity index (χ3n) is 5.02. The summed E-state index contributed by atoms with van der Waals surface area (Å²) in [5.41, 5.74) is 0. The van der Waals surface area contributed by atoms with Crippen molar-refractivity contribution in [2.45, 2.75) is 19.9 Å². The van der Waals surface area contributed by atoms with Crippen LogP contribution in [0.2, 0.25) is 5.02 Å². The van der Waals surface area contributed by atoms with E-state index in [4.69, 9.17) is 16.3 Å². The summed E-state index contributed by atoms with van der Waals surface area (Å²) in [6, 6.07) is 7.50. The van der Waals surface area contributed by atoms with E-state index in [-0.39, 0.29) is 24.0 Å². The quantitative estimate of drug-likeness (QED) is 0.311. The van der Waals surface area contributed by atoms with Crippen molar-refractivity contribution in [2.75, 3.05) is 52.9 Å². The van der Waals surface area contributed by atoms with Crippen LogP contribution in [0.1, 0.15) is 12.7 Å². The number of aliphatic imine (C=N–C) groups is 1. The van der Waals surface area contributed by atoms with Crippen molar-refractivity contribution in [3.8, 4) is 5.75 Å². The zero-order chi connectivity index (χ0) is 20.5. The zero-order valence-electron chi connectivity index (χ0n) is 17.6. The van der Waals surface area contributed by atoms with E-state index >= 15 is 0 Å². The fourth-order valence-electron chi connectivity index (χ4n) is 3.37. The predicted molar refractivity (Wildman–Crippen MR) is 131 cm³/mol. The van der Waals surface area contributed by atoms with Gasteiger partial charge in [-0.2, -0.15) is 0 Å². The first kappa shape index (κ1) is 24.7. The normalized spacial score (nSPS) is 15.0. The fraction of sp³-hybridized carbons (Fsp3) is 0.550. The van der Waals surface area contributed by atoms with Crippen molar-refractivity contribution < 1.29 is 4.74 Å². The molecule has 166 valence electrons. The molecular weight excluding hydrogens is 517 g/mol. The number of halogens is 2. The van der Waals surface area contributed by atoms with E-state index in [9.17, 15) is 0 Å². The Morgan fingerprint density at radius 1 is 1.17 bits per heavy atom. The Morgan fingerprint density at radius 2 is 1.90 bits per heavy atom. The third kappa shape index (κ3) is 7.28. The Balaban J connectivity index is 0.00000320. The van der Waals surface area contributed by atoms with E-state index in [0.717, 1.165) is 74.8 Å². The van der Waals surface area contributed by atoms with Crippen molar-refractivity contribution >= 4 is 41.5 Å². The summed E-state index contributed by atoms with van der Waals surface area (Å²) in [4.78, 5) is 9.17. The highest BCUT2D eigenvalue weighted by Crippen LogP contribution is 2.15. The minimum absolute atomic E-state index is 0. The smallest absolute Gasteiger partial charge is 0.193 e. The second-order valence-corrected chi connectivity index (χ2v) is 7.34. The van der Waals surface area contributed by atoms with Crippen LogP contribution in [0.5, 0.6) is 5.75 Å². The van der Waals surface area contributed by atoms with E-state index in [1.165, 1.54) is 0 Å². The van der Waals surface area contributed by atoms with Gasteiger partial charge in [0.2, 0.25) is 0 Å². The summed E-state index contributed by atoms with van der Waals surface area (Å²) in [5, 5.41) is 12.3. The van der Waals surface area contributed by atoms with E-state index < -0.39 is 0 Å². The molecule has 8 nitrogen and oxygen atoms in total. The van der Waals surface area contributed by atoms with E-state index in [1.54, 1.807) is 6.33 Å². The van der Waals surface area contributed by atoms with E-state index in [1.807, 2.05) is 31.3 Å². The van der Waals surface area contributed by atoms with E-state index in [0.29, 0.717) is 6.61 Å². The maximum Gasteiger partial charge on any atom is 0.193 e. The number of aryl methyl sites for hydroxylation is 1. The number of ether oxygens (including phenoxy) is 1. The lowest BCUT2D eigenvalue weighted by molar-refractivity contribution is 0.152. The second kappa shape index (κ2) is 13.0. The molecule has 3 rings (SSSR count). The summed E-state index contributed by atoms with van der Waals surface area (Å²) < 4.78 is 7.89. The highest BCUT2D eigenvalue weighted by atomic mass is 127. The molecule has 1 fully saturated rings. The number of guanidine groups is 1. The number of hydrogen-bond donors (Lipinski definition) is 1. The topological polar surface area (TPSA) is 70.8 Å². The molecule has 0 bridgehead atoms. The molecule has 0 spiro atoms. The van der Waals surface area contributed by atoms with Gasteiger partial charge in [0, 0.05) is 64.3 Å². The van der Waals surface area contributed by atoms with Crippen LogP contribution < -0.4 is 10.1 Å². The minimum atomic E-state index is 0. The highest BCUT2D eigenvalue weighted by molar-refractivity contribution is 14.0. The predicted octanol–water partition coefficient (Wildman–Crippen LogP) is 2.38. The molecule has 0 atom stereocenters. The summed E-state index contributed by atoms with van der Waals surface area (Å²) in [6.07, 6.45) is 2.67. The molecule has 1 aromatic carbocycles. The van der Waals surface area contributed by atoms with Crippen molar-refractivity contribution in [1.29, 1.82) is 0 Å². The summed E-state index contributed by atoms with van der Waals surface area (Å²) in [5.74, 6) is 2.82. The molecule has 1 aromatic heterocycles. The van der Waals surface area contributed by atoms with Crippen molar-refractivity contribution in [2.24, 2.45) is 4.99 Å². The molecular formula is C20H31ClIN7O. The van der Waals surface area contributed by atoms with Gasteiger partial charge in [-0.05, 0) is 24.3 Å². The Morgan fingerprint density at radius 3 is 2.57 bits per heavy atom. The minimum Gasteiger partial charge on any atom is -0.492 e. The van der Waals surface area contributed by atoms with Gasteiger partial charge in [-0.1, -0.05) is 18.5 Å². The Labute approximate surface area is 200 Å². The van der Waals surface area contributed by atoms with Crippen molar-refractivity contribution in [3.63, 3.8) is 0 Å². The van der Waals surface area contributed by atoms with Gasteiger partial charge in [-0.15, -0.1) is 34.2 Å². The first-order valence-electron chi connectivity index (χ1n) is 10.1. The first-order chi connectivity index (χ1) is 14.2. The van der Waals surface area contributed by atoms with Crippen molar-refractivity contribution in [3.05, 3.63) is 41.4 Å². The van der Waals surface area contributed by atoms with Gasteiger partial charge in [0.25, 0.3) is 0 Å². The average Bonchev–Trinajstić information content (AvgIpc) is 3.21. The van der Waals surface area contributed by atoms with Gasteiger partial charge in [-0.25, -0.2) is 0 Å². The molecule has 1 aliphatic rings. The van der Waals surface area contributed by atoms with Crippen LogP contribution in [0, 0.1) is 0 Å². The van der Waals surface area contributed by atoms with Gasteiger partial charge < -0.3 is 19.5 Å². The number of nitrogens with one attached hydrogen (secondary N) is 1. The number of rotatable bonds is 8. The second-order valence-electron chi connectivity index (χ2n) is 6.90. The van der Waals surface area contributed by atoms with Crippen LogP contribution in [0.25, 0.3) is 0 Å². The number of benzene rings is 1. The van der Waals surface area contributed by atoms with Gasteiger partial charge in [0.15, 0.2) is 5.96 Å². The summed E-state index contributed by atoms with van der Waals surface area (Å²) >= 11 is 5.90. The van der Waals surface area contributed by atoms with Gasteiger partial charge in [0.05, 0.1) is 0 Å². The molecule has 0 amide bonds. The van der Waals surface area contributed by atoms with Crippen LogP contribution in [0.3, 0.4) is 0 Å². The molecule has 0 saturated carbocycles. The van der Waals surface area contributed by atoms with Gasteiger partial charge >= 0.3 is 0 Å². The number of piperazine rings is 1. The molecule has 2 heterocycles. The molecule has 0 radical (unpaired) electrons. The molecule has 2 aromatic rings. The Hall–Kier alpha value is -1.59. The molecule has 1 aliphatic heterocycles. The maximum absolute atomic E-state index is 5.90. The molecule has 0 aliphatic carbocycles. The first-order valence-corrected chi connectivity index (χ1v) is 10.5. The molecule has 30 heavy (non-hydrogen) atoms. The Bertz CT molecular complexity index is 776. The number of nitrogens with zero attached hydrogens (tertiary/aromatic N) is 6. The standard InChI is InChI=1S/C20H30ClN7O.HI/c1-3-19-25-24-16-28(19)9-8-23-20(22-2)27-12-10-26(11-13-27)14-15-29-18-6-4-17(21)5-7-18;/h4-7,16H,3,8-15H2,1-2H3,(H,22,23);1H. The fourth-order valence-corrected chi connectivity index (χ4v) is 3.49. The van der Waals surface area contributed by atoms with Crippen LogP contribution in [0.15, 0.2) is 35.6 Å². The molecule has 10 heteroatoms.